The SMILES string of the molecule is [B]c1cccc(N)c1F. The van der Waals surface area contributed by atoms with Crippen LogP contribution in [0.2, 0.25) is 0 Å². The minimum atomic E-state index is -0.530. The standard InChI is InChI=1S/C6H5BFN/c7-4-2-1-3-5(9)6(4)8/h1-3H,9H2. The number of rotatable bonds is 0. The van der Waals surface area contributed by atoms with Gasteiger partial charge in [0.15, 0.2) is 0 Å². The van der Waals surface area contributed by atoms with Gasteiger partial charge in [0.05, 0.1) is 5.69 Å². The van der Waals surface area contributed by atoms with Crippen LogP contribution in [0.4, 0.5) is 10.1 Å². The molecule has 0 heterocycles. The molecule has 1 rings (SSSR count). The predicted molar refractivity (Wildman–Crippen MR) is 36.2 cm³/mol. The zero-order chi connectivity index (χ0) is 6.85. The highest BCUT2D eigenvalue weighted by molar-refractivity contribution is 6.32. The molecule has 1 aromatic rings. The minimum Gasteiger partial charge on any atom is -0.396 e. The van der Waals surface area contributed by atoms with E-state index in [1.807, 2.05) is 0 Å². The summed E-state index contributed by atoms with van der Waals surface area (Å²) in [7, 11) is 5.17. The Balaban J connectivity index is 3.25. The van der Waals surface area contributed by atoms with Crippen LogP contribution in [0.25, 0.3) is 0 Å². The lowest BCUT2D eigenvalue weighted by Gasteiger charge is -1.97. The molecule has 0 spiro atoms. The van der Waals surface area contributed by atoms with E-state index in [1.165, 1.54) is 12.1 Å². The van der Waals surface area contributed by atoms with Gasteiger partial charge in [-0.2, -0.15) is 0 Å². The highest BCUT2D eigenvalue weighted by atomic mass is 19.1. The van der Waals surface area contributed by atoms with Crippen LogP contribution in [0.5, 0.6) is 0 Å². The fourth-order valence-corrected chi connectivity index (χ4v) is 0.568. The zero-order valence-electron chi connectivity index (χ0n) is 4.76. The normalized spacial score (nSPS) is 9.44. The van der Waals surface area contributed by atoms with Crippen molar-refractivity contribution in [1.29, 1.82) is 0 Å². The Morgan fingerprint density at radius 3 is 2.56 bits per heavy atom. The largest absolute Gasteiger partial charge is 0.396 e. The first-order valence-corrected chi connectivity index (χ1v) is 2.51. The predicted octanol–water partition coefficient (Wildman–Crippen LogP) is 0.202. The van der Waals surface area contributed by atoms with Crippen LogP contribution in [0, 0.1) is 5.82 Å². The highest BCUT2D eigenvalue weighted by Crippen LogP contribution is 2.03. The Morgan fingerprint density at radius 1 is 1.44 bits per heavy atom. The Labute approximate surface area is 54.1 Å². The topological polar surface area (TPSA) is 26.0 Å². The molecular weight excluding hydrogens is 116 g/mol. The van der Waals surface area contributed by atoms with Crippen LogP contribution < -0.4 is 11.2 Å². The summed E-state index contributed by atoms with van der Waals surface area (Å²) in [5.41, 5.74) is 5.35. The summed E-state index contributed by atoms with van der Waals surface area (Å²) in [4.78, 5) is 0. The molecule has 3 heteroatoms. The van der Waals surface area contributed by atoms with Crippen molar-refractivity contribution in [3.63, 3.8) is 0 Å². The van der Waals surface area contributed by atoms with Gasteiger partial charge in [-0.1, -0.05) is 17.6 Å². The van der Waals surface area contributed by atoms with Gasteiger partial charge in [0.2, 0.25) is 0 Å². The third-order valence-electron chi connectivity index (χ3n) is 1.06. The molecule has 1 nitrogen and oxygen atoms in total. The summed E-state index contributed by atoms with van der Waals surface area (Å²) in [6.07, 6.45) is 0. The monoisotopic (exact) mass is 121 g/mol. The molecule has 0 bridgehead atoms. The van der Waals surface area contributed by atoms with Crippen LogP contribution >= 0.6 is 0 Å². The van der Waals surface area contributed by atoms with Gasteiger partial charge in [-0.15, -0.1) is 0 Å². The Kier molecular flexibility index (Phi) is 1.43. The molecule has 0 aliphatic rings. The molecule has 0 atom stereocenters. The van der Waals surface area contributed by atoms with E-state index in [0.29, 0.717) is 0 Å². The fourth-order valence-electron chi connectivity index (χ4n) is 0.568. The van der Waals surface area contributed by atoms with Crippen LogP contribution in [-0.4, -0.2) is 7.85 Å². The Hall–Kier alpha value is -0.985. The van der Waals surface area contributed by atoms with E-state index in [-0.39, 0.29) is 11.2 Å². The molecule has 0 aliphatic carbocycles. The van der Waals surface area contributed by atoms with Gasteiger partial charge in [0, 0.05) is 0 Å². The van der Waals surface area contributed by atoms with Gasteiger partial charge >= 0.3 is 0 Å². The summed E-state index contributed by atoms with van der Waals surface area (Å²) < 4.78 is 12.5. The van der Waals surface area contributed by atoms with Crippen molar-refractivity contribution < 1.29 is 4.39 Å². The molecule has 0 fully saturated rings. The molecule has 0 saturated carbocycles. The maximum atomic E-state index is 12.5. The minimum absolute atomic E-state index is 0.0926. The summed E-state index contributed by atoms with van der Waals surface area (Å²) in [6, 6.07) is 4.53. The second kappa shape index (κ2) is 2.09. The van der Waals surface area contributed by atoms with Gasteiger partial charge in [-0.25, -0.2) is 4.39 Å². The number of nitrogens with two attached hydrogens (primary N) is 1. The van der Waals surface area contributed by atoms with E-state index in [1.54, 1.807) is 6.07 Å². The lowest BCUT2D eigenvalue weighted by molar-refractivity contribution is 0.640. The molecule has 2 radical (unpaired) electrons. The summed E-state index contributed by atoms with van der Waals surface area (Å²) in [5, 5.41) is 0. The molecule has 44 valence electrons. The van der Waals surface area contributed by atoms with Crippen molar-refractivity contribution in [2.24, 2.45) is 0 Å². The number of anilines is 1. The average Bonchev–Trinajstić information content (AvgIpc) is 1.83. The van der Waals surface area contributed by atoms with Gasteiger partial charge in [0.1, 0.15) is 13.7 Å². The van der Waals surface area contributed by atoms with Crippen molar-refractivity contribution in [3.05, 3.63) is 24.0 Å². The van der Waals surface area contributed by atoms with Crippen LogP contribution in [0.3, 0.4) is 0 Å². The second-order valence-electron chi connectivity index (χ2n) is 1.75. The third-order valence-corrected chi connectivity index (χ3v) is 1.06. The molecule has 0 aromatic heterocycles. The van der Waals surface area contributed by atoms with E-state index < -0.39 is 5.82 Å². The average molecular weight is 121 g/mol. The fraction of sp³-hybridized carbons (Fsp3) is 0. The molecule has 0 amide bonds. The van der Waals surface area contributed by atoms with Crippen LogP contribution in [-0.2, 0) is 0 Å². The number of benzene rings is 1. The van der Waals surface area contributed by atoms with Crippen molar-refractivity contribution in [3.8, 4) is 0 Å². The van der Waals surface area contributed by atoms with E-state index in [2.05, 4.69) is 0 Å². The maximum absolute atomic E-state index is 12.5. The first-order chi connectivity index (χ1) is 4.22. The number of halogens is 1. The quantitative estimate of drug-likeness (QED) is 0.385. The Bertz CT molecular complexity index is 204. The van der Waals surface area contributed by atoms with E-state index >= 15 is 0 Å². The lowest BCUT2D eigenvalue weighted by atomic mass is 9.95. The number of hydrogen-bond acceptors (Lipinski definition) is 1. The first-order valence-electron chi connectivity index (χ1n) is 2.51. The first kappa shape index (κ1) is 6.14. The van der Waals surface area contributed by atoms with E-state index in [0.717, 1.165) is 0 Å². The summed E-state index contributed by atoms with van der Waals surface area (Å²) in [5.74, 6) is -0.530. The summed E-state index contributed by atoms with van der Waals surface area (Å²) in [6.45, 7) is 0. The van der Waals surface area contributed by atoms with Gasteiger partial charge in [-0.3, -0.25) is 0 Å². The van der Waals surface area contributed by atoms with Gasteiger partial charge in [-0.05, 0) is 6.07 Å². The third kappa shape index (κ3) is 1.04. The molecule has 9 heavy (non-hydrogen) atoms. The van der Waals surface area contributed by atoms with Crippen molar-refractivity contribution in [2.45, 2.75) is 0 Å². The smallest absolute Gasteiger partial charge is 0.139 e. The second-order valence-corrected chi connectivity index (χ2v) is 1.75. The lowest BCUT2D eigenvalue weighted by Crippen LogP contribution is -2.09. The number of nitrogen functional groups attached to an aromatic ring is 1. The number of hydrogen-bond donors (Lipinski definition) is 1. The van der Waals surface area contributed by atoms with Gasteiger partial charge in [0.25, 0.3) is 0 Å². The van der Waals surface area contributed by atoms with Crippen LogP contribution in [0.15, 0.2) is 18.2 Å². The van der Waals surface area contributed by atoms with Crippen LogP contribution in [0.1, 0.15) is 0 Å². The molecule has 0 saturated heterocycles. The van der Waals surface area contributed by atoms with Crippen molar-refractivity contribution >= 4 is 19.0 Å². The summed E-state index contributed by atoms with van der Waals surface area (Å²) >= 11 is 0. The molecular formula is C6H5BFN. The van der Waals surface area contributed by atoms with Crippen molar-refractivity contribution in [2.75, 3.05) is 5.73 Å². The van der Waals surface area contributed by atoms with E-state index in [4.69, 9.17) is 13.6 Å². The Morgan fingerprint density at radius 2 is 2.11 bits per heavy atom. The molecule has 0 aliphatic heterocycles. The maximum Gasteiger partial charge on any atom is 0.139 e. The molecule has 0 unspecified atom stereocenters. The zero-order valence-corrected chi connectivity index (χ0v) is 4.76. The highest BCUT2D eigenvalue weighted by Gasteiger charge is 1.97. The van der Waals surface area contributed by atoms with Gasteiger partial charge < -0.3 is 5.73 Å². The van der Waals surface area contributed by atoms with Crippen molar-refractivity contribution in [1.82, 2.24) is 0 Å². The van der Waals surface area contributed by atoms with E-state index in [9.17, 15) is 4.39 Å². The molecule has 2 N–H and O–H groups in total. The molecule has 1 aromatic carbocycles.